The Morgan fingerprint density at radius 1 is 1.46 bits per heavy atom. The first-order chi connectivity index (χ1) is 6.18. The summed E-state index contributed by atoms with van der Waals surface area (Å²) in [5.74, 6) is 0.159. The molecule has 1 fully saturated rings. The zero-order valence-electron chi connectivity index (χ0n) is 6.96. The van der Waals surface area contributed by atoms with Gasteiger partial charge in [-0.3, -0.25) is 4.79 Å². The van der Waals surface area contributed by atoms with Crippen molar-refractivity contribution < 1.29 is 4.79 Å². The van der Waals surface area contributed by atoms with Gasteiger partial charge < -0.3 is 10.6 Å². The summed E-state index contributed by atoms with van der Waals surface area (Å²) in [4.78, 5) is 12.9. The lowest BCUT2D eigenvalue weighted by atomic mass is 10.1. The molecule has 0 atom stereocenters. The second-order valence-corrected chi connectivity index (χ2v) is 3.86. The van der Waals surface area contributed by atoms with E-state index < -0.39 is 0 Å². The van der Waals surface area contributed by atoms with E-state index in [9.17, 15) is 4.79 Å². The summed E-state index contributed by atoms with van der Waals surface area (Å²) in [6.45, 7) is 0.793. The number of nitrogens with two attached hydrogens (primary N) is 1. The minimum Gasteiger partial charge on any atom is -0.399 e. The Bertz CT molecular complexity index is 365. The smallest absolute Gasteiger partial charge is 0.228 e. The van der Waals surface area contributed by atoms with Gasteiger partial charge in [-0.1, -0.05) is 0 Å². The van der Waals surface area contributed by atoms with Crippen LogP contribution in [0.25, 0.3) is 0 Å². The Labute approximate surface area is 84.6 Å². The fourth-order valence-corrected chi connectivity index (χ4v) is 1.77. The molecule has 1 aromatic carbocycles. The second kappa shape index (κ2) is 3.03. The lowest BCUT2D eigenvalue weighted by molar-refractivity contribution is -0.122. The number of nitrogens with zero attached hydrogens (tertiary/aromatic N) is 1. The molecular formula is C9H9BrN2O. The number of hydrogen-bond donors (Lipinski definition) is 1. The van der Waals surface area contributed by atoms with Crippen LogP contribution in [0.3, 0.4) is 0 Å². The van der Waals surface area contributed by atoms with E-state index in [1.165, 1.54) is 0 Å². The molecule has 0 radical (unpaired) electrons. The normalized spacial score (nSPS) is 15.8. The van der Waals surface area contributed by atoms with Crippen LogP contribution in [-0.2, 0) is 4.79 Å². The van der Waals surface area contributed by atoms with Crippen molar-refractivity contribution in [2.45, 2.75) is 6.42 Å². The summed E-state index contributed by atoms with van der Waals surface area (Å²) in [5, 5.41) is 0. The number of β-lactam (4-membered cyclic amide) rings is 1. The molecule has 1 amide bonds. The highest BCUT2D eigenvalue weighted by molar-refractivity contribution is 9.10. The van der Waals surface area contributed by atoms with Gasteiger partial charge >= 0.3 is 0 Å². The largest absolute Gasteiger partial charge is 0.399 e. The highest BCUT2D eigenvalue weighted by Gasteiger charge is 2.26. The Balaban J connectivity index is 2.38. The van der Waals surface area contributed by atoms with E-state index in [2.05, 4.69) is 15.9 Å². The molecule has 0 saturated carbocycles. The number of benzene rings is 1. The van der Waals surface area contributed by atoms with Crippen LogP contribution in [0.1, 0.15) is 6.42 Å². The molecule has 0 spiro atoms. The van der Waals surface area contributed by atoms with Crippen molar-refractivity contribution in [1.82, 2.24) is 0 Å². The first kappa shape index (κ1) is 8.56. The van der Waals surface area contributed by atoms with Crippen molar-refractivity contribution in [3.8, 4) is 0 Å². The molecule has 0 bridgehead atoms. The maximum absolute atomic E-state index is 11.2. The predicted octanol–water partition coefficient (Wildman–Crippen LogP) is 1.77. The van der Waals surface area contributed by atoms with Gasteiger partial charge in [0.15, 0.2) is 0 Å². The Kier molecular flexibility index (Phi) is 2.00. The Morgan fingerprint density at radius 2 is 2.23 bits per heavy atom. The molecule has 2 N–H and O–H groups in total. The van der Waals surface area contributed by atoms with Gasteiger partial charge in [-0.15, -0.1) is 0 Å². The number of rotatable bonds is 1. The van der Waals surface area contributed by atoms with Crippen molar-refractivity contribution in [2.75, 3.05) is 17.2 Å². The summed E-state index contributed by atoms with van der Waals surface area (Å²) >= 11 is 3.38. The first-order valence-corrected chi connectivity index (χ1v) is 4.83. The molecule has 13 heavy (non-hydrogen) atoms. The molecule has 68 valence electrons. The fourth-order valence-electron chi connectivity index (χ4n) is 1.31. The maximum atomic E-state index is 11.2. The van der Waals surface area contributed by atoms with Crippen LogP contribution < -0.4 is 10.6 Å². The van der Waals surface area contributed by atoms with Crippen molar-refractivity contribution in [1.29, 1.82) is 0 Å². The summed E-state index contributed by atoms with van der Waals surface area (Å²) in [6.07, 6.45) is 0.640. The quantitative estimate of drug-likeness (QED) is 0.601. The van der Waals surface area contributed by atoms with Gasteiger partial charge in [-0.25, -0.2) is 0 Å². The number of carbonyl (C=O) groups excluding carboxylic acids is 1. The highest BCUT2D eigenvalue weighted by atomic mass is 79.9. The van der Waals surface area contributed by atoms with Gasteiger partial charge in [0.05, 0.1) is 5.69 Å². The van der Waals surface area contributed by atoms with Gasteiger partial charge in [0.1, 0.15) is 0 Å². The molecule has 3 nitrogen and oxygen atoms in total. The second-order valence-electron chi connectivity index (χ2n) is 3.01. The van der Waals surface area contributed by atoms with Crippen LogP contribution in [-0.4, -0.2) is 12.5 Å². The van der Waals surface area contributed by atoms with E-state index in [-0.39, 0.29) is 5.91 Å². The minimum absolute atomic E-state index is 0.159. The summed E-state index contributed by atoms with van der Waals surface area (Å²) in [7, 11) is 0. The van der Waals surface area contributed by atoms with Crippen LogP contribution in [0.4, 0.5) is 11.4 Å². The van der Waals surface area contributed by atoms with Crippen molar-refractivity contribution in [2.24, 2.45) is 0 Å². The minimum atomic E-state index is 0.159. The maximum Gasteiger partial charge on any atom is 0.228 e. The first-order valence-electron chi connectivity index (χ1n) is 4.04. The van der Waals surface area contributed by atoms with Gasteiger partial charge in [0, 0.05) is 23.1 Å². The fraction of sp³-hybridized carbons (Fsp3) is 0.222. The van der Waals surface area contributed by atoms with E-state index in [4.69, 9.17) is 5.73 Å². The number of halogens is 1. The molecule has 4 heteroatoms. The average Bonchev–Trinajstić information content (AvgIpc) is 2.09. The third kappa shape index (κ3) is 1.42. The molecule has 1 aliphatic heterocycles. The lowest BCUT2D eigenvalue weighted by Gasteiger charge is -2.31. The van der Waals surface area contributed by atoms with Crippen molar-refractivity contribution >= 4 is 33.2 Å². The van der Waals surface area contributed by atoms with Crippen LogP contribution in [0.15, 0.2) is 22.7 Å². The Morgan fingerprint density at radius 3 is 2.77 bits per heavy atom. The zero-order valence-corrected chi connectivity index (χ0v) is 8.54. The van der Waals surface area contributed by atoms with Crippen molar-refractivity contribution in [3.05, 3.63) is 22.7 Å². The van der Waals surface area contributed by atoms with Gasteiger partial charge in [0.2, 0.25) is 5.91 Å². The van der Waals surface area contributed by atoms with Crippen LogP contribution >= 0.6 is 15.9 Å². The van der Waals surface area contributed by atoms with E-state index in [0.29, 0.717) is 12.1 Å². The third-order valence-corrected chi connectivity index (χ3v) is 2.78. The third-order valence-electron chi connectivity index (χ3n) is 2.11. The number of nitrogen functional groups attached to an aromatic ring is 1. The van der Waals surface area contributed by atoms with Gasteiger partial charge in [-0.05, 0) is 34.1 Å². The highest BCUT2D eigenvalue weighted by Crippen LogP contribution is 2.31. The average molecular weight is 241 g/mol. The lowest BCUT2D eigenvalue weighted by Crippen LogP contribution is -2.43. The molecule has 2 rings (SSSR count). The predicted molar refractivity (Wildman–Crippen MR) is 55.5 cm³/mol. The monoisotopic (exact) mass is 240 g/mol. The van der Waals surface area contributed by atoms with Crippen LogP contribution in [0.5, 0.6) is 0 Å². The molecule has 1 aromatic rings. The van der Waals surface area contributed by atoms with Crippen molar-refractivity contribution in [3.63, 3.8) is 0 Å². The molecule has 0 unspecified atom stereocenters. The summed E-state index contributed by atoms with van der Waals surface area (Å²) in [5.41, 5.74) is 7.18. The summed E-state index contributed by atoms with van der Waals surface area (Å²) < 4.78 is 0.912. The van der Waals surface area contributed by atoms with E-state index >= 15 is 0 Å². The molecule has 0 aromatic heterocycles. The molecular weight excluding hydrogens is 232 g/mol. The standard InChI is InChI=1S/C9H9BrN2O/c10-7-2-1-6(11)5-8(7)12-4-3-9(12)13/h1-2,5H,3-4,11H2. The SMILES string of the molecule is Nc1ccc(Br)c(N2CCC2=O)c1. The van der Waals surface area contributed by atoms with E-state index in [1.807, 2.05) is 6.07 Å². The number of amides is 1. The molecule has 0 aliphatic carbocycles. The van der Waals surface area contributed by atoms with Crippen LogP contribution in [0, 0.1) is 0 Å². The number of hydrogen-bond acceptors (Lipinski definition) is 2. The topological polar surface area (TPSA) is 46.3 Å². The van der Waals surface area contributed by atoms with Gasteiger partial charge in [-0.2, -0.15) is 0 Å². The molecule has 1 aliphatic rings. The number of anilines is 2. The van der Waals surface area contributed by atoms with Crippen LogP contribution in [0.2, 0.25) is 0 Å². The Hall–Kier alpha value is -1.03. The molecule has 1 heterocycles. The summed E-state index contributed by atoms with van der Waals surface area (Å²) in [6, 6.07) is 5.47. The van der Waals surface area contributed by atoms with E-state index in [0.717, 1.165) is 16.7 Å². The van der Waals surface area contributed by atoms with E-state index in [1.54, 1.807) is 17.0 Å². The van der Waals surface area contributed by atoms with Gasteiger partial charge in [0.25, 0.3) is 0 Å². The number of carbonyl (C=O) groups is 1. The zero-order chi connectivity index (χ0) is 9.42. The molecule has 1 saturated heterocycles.